The Hall–Kier alpha value is -1.86. The summed E-state index contributed by atoms with van der Waals surface area (Å²) < 4.78 is 32.9. The van der Waals surface area contributed by atoms with Crippen molar-refractivity contribution in [2.45, 2.75) is 44.0 Å². The summed E-state index contributed by atoms with van der Waals surface area (Å²) in [6.07, 6.45) is 2.88. The fourth-order valence-corrected chi connectivity index (χ4v) is 4.31. The van der Waals surface area contributed by atoms with Gasteiger partial charge in [-0.1, -0.05) is 13.8 Å². The highest BCUT2D eigenvalue weighted by molar-refractivity contribution is 7.89. The number of aryl methyl sites for hydroxylation is 2. The van der Waals surface area contributed by atoms with Crippen LogP contribution in [0.15, 0.2) is 27.5 Å². The van der Waals surface area contributed by atoms with Gasteiger partial charge in [0.25, 0.3) is 0 Å². The van der Waals surface area contributed by atoms with Crippen LogP contribution < -0.4 is 4.72 Å². The molecule has 0 saturated heterocycles. The standard InChI is InChI=1S/C16H19NO5S/c1-9(2)15(16(18)19)17-23(20,21)10-6-7-12-11-4-3-5-13(11)22-14(12)8-10/h6-9,15,17H,3-5H2,1-2H3,(H,18,19)/t15-/m0/s1. The smallest absolute Gasteiger partial charge is 0.322 e. The summed E-state index contributed by atoms with van der Waals surface area (Å²) in [6, 6.07) is 3.54. The van der Waals surface area contributed by atoms with E-state index in [-0.39, 0.29) is 10.8 Å². The fraction of sp³-hybridized carbons (Fsp3) is 0.438. The number of hydrogen-bond donors (Lipinski definition) is 2. The number of aliphatic carboxylic acids is 1. The van der Waals surface area contributed by atoms with Gasteiger partial charge in [-0.05, 0) is 30.9 Å². The highest BCUT2D eigenvalue weighted by atomic mass is 32.2. The van der Waals surface area contributed by atoms with E-state index in [0.29, 0.717) is 5.58 Å². The first-order valence-corrected chi connectivity index (χ1v) is 9.07. The molecule has 0 aliphatic heterocycles. The average Bonchev–Trinajstić information content (AvgIpc) is 3.04. The van der Waals surface area contributed by atoms with Gasteiger partial charge in [0.15, 0.2) is 0 Å². The minimum absolute atomic E-state index is 0.0179. The number of hydrogen-bond acceptors (Lipinski definition) is 4. The van der Waals surface area contributed by atoms with Crippen LogP contribution in [0.2, 0.25) is 0 Å². The zero-order valence-corrected chi connectivity index (χ0v) is 13.8. The van der Waals surface area contributed by atoms with Crippen molar-refractivity contribution in [1.29, 1.82) is 0 Å². The second-order valence-corrected chi connectivity index (χ2v) is 7.91. The lowest BCUT2D eigenvalue weighted by atomic mass is 10.1. The maximum absolute atomic E-state index is 12.5. The number of carbonyl (C=O) groups is 1. The average molecular weight is 337 g/mol. The molecule has 0 radical (unpaired) electrons. The number of carboxylic acid groups (broad SMARTS) is 1. The Morgan fingerprint density at radius 1 is 1.30 bits per heavy atom. The molecule has 1 aliphatic rings. The van der Waals surface area contributed by atoms with Crippen LogP contribution in [0, 0.1) is 5.92 Å². The van der Waals surface area contributed by atoms with Crippen LogP contribution in [0.5, 0.6) is 0 Å². The highest BCUT2D eigenvalue weighted by Crippen LogP contribution is 2.33. The van der Waals surface area contributed by atoms with Crippen LogP contribution in [0.25, 0.3) is 11.0 Å². The molecule has 0 bridgehead atoms. The quantitative estimate of drug-likeness (QED) is 0.873. The number of sulfonamides is 1. The summed E-state index contributed by atoms with van der Waals surface area (Å²) in [5.74, 6) is -0.631. The van der Waals surface area contributed by atoms with E-state index < -0.39 is 22.0 Å². The minimum atomic E-state index is -3.92. The van der Waals surface area contributed by atoms with E-state index in [1.54, 1.807) is 19.9 Å². The van der Waals surface area contributed by atoms with Gasteiger partial charge in [-0.3, -0.25) is 4.79 Å². The number of carboxylic acids is 1. The van der Waals surface area contributed by atoms with Crippen LogP contribution in [0.3, 0.4) is 0 Å². The van der Waals surface area contributed by atoms with Crippen LogP contribution in [-0.2, 0) is 27.7 Å². The third-order valence-corrected chi connectivity index (χ3v) is 5.64. The second kappa shape index (κ2) is 5.65. The van der Waals surface area contributed by atoms with Gasteiger partial charge < -0.3 is 9.52 Å². The van der Waals surface area contributed by atoms with E-state index in [1.807, 2.05) is 0 Å². The Morgan fingerprint density at radius 3 is 2.70 bits per heavy atom. The molecule has 0 amide bonds. The SMILES string of the molecule is CC(C)[C@H](NS(=O)(=O)c1ccc2c3c(oc2c1)CCC3)C(=O)O. The van der Waals surface area contributed by atoms with Gasteiger partial charge >= 0.3 is 5.97 Å². The van der Waals surface area contributed by atoms with Crippen LogP contribution in [-0.4, -0.2) is 25.5 Å². The lowest BCUT2D eigenvalue weighted by molar-refractivity contribution is -0.140. The van der Waals surface area contributed by atoms with E-state index in [1.165, 1.54) is 12.1 Å². The van der Waals surface area contributed by atoms with Crippen LogP contribution >= 0.6 is 0 Å². The Morgan fingerprint density at radius 2 is 2.04 bits per heavy atom. The third kappa shape index (κ3) is 2.86. The van der Waals surface area contributed by atoms with Crippen molar-refractivity contribution in [1.82, 2.24) is 4.72 Å². The topological polar surface area (TPSA) is 96.6 Å². The number of fused-ring (bicyclic) bond motifs is 3. The van der Waals surface area contributed by atoms with Gasteiger partial charge in [0, 0.05) is 23.4 Å². The number of furan rings is 1. The summed E-state index contributed by atoms with van der Waals surface area (Å²) in [7, 11) is -3.92. The number of benzene rings is 1. The van der Waals surface area contributed by atoms with Crippen molar-refractivity contribution in [2.75, 3.05) is 0 Å². The lowest BCUT2D eigenvalue weighted by Gasteiger charge is -2.17. The van der Waals surface area contributed by atoms with E-state index >= 15 is 0 Å². The zero-order chi connectivity index (χ0) is 16.8. The number of nitrogens with one attached hydrogen (secondary N) is 1. The monoisotopic (exact) mass is 337 g/mol. The van der Waals surface area contributed by atoms with Crippen molar-refractivity contribution in [2.24, 2.45) is 5.92 Å². The normalized spacial score (nSPS) is 16.0. The van der Waals surface area contributed by atoms with Crippen LogP contribution in [0.4, 0.5) is 0 Å². The summed E-state index contributed by atoms with van der Waals surface area (Å²) in [6.45, 7) is 3.31. The molecule has 1 aromatic heterocycles. The molecule has 0 spiro atoms. The third-order valence-electron chi connectivity index (χ3n) is 4.20. The maximum Gasteiger partial charge on any atom is 0.322 e. The molecule has 2 aromatic rings. The predicted octanol–water partition coefficient (Wildman–Crippen LogP) is 2.31. The Labute approximate surface area is 134 Å². The first-order chi connectivity index (χ1) is 10.8. The molecule has 124 valence electrons. The van der Waals surface area contributed by atoms with Crippen LogP contribution in [0.1, 0.15) is 31.6 Å². The first-order valence-electron chi connectivity index (χ1n) is 7.59. The lowest BCUT2D eigenvalue weighted by Crippen LogP contribution is -2.44. The molecule has 23 heavy (non-hydrogen) atoms. The maximum atomic E-state index is 12.5. The van der Waals surface area contributed by atoms with Gasteiger partial charge in [0.2, 0.25) is 10.0 Å². The Bertz CT molecular complexity index is 866. The molecule has 1 heterocycles. The van der Waals surface area contributed by atoms with E-state index in [4.69, 9.17) is 9.52 Å². The second-order valence-electron chi connectivity index (χ2n) is 6.20. The summed E-state index contributed by atoms with van der Waals surface area (Å²) in [5.41, 5.74) is 1.69. The van der Waals surface area contributed by atoms with Gasteiger partial charge in [-0.15, -0.1) is 0 Å². The van der Waals surface area contributed by atoms with Crippen molar-refractivity contribution in [3.63, 3.8) is 0 Å². The van der Waals surface area contributed by atoms with E-state index in [2.05, 4.69) is 4.72 Å². The molecule has 0 saturated carbocycles. The Balaban J connectivity index is 1.97. The molecular weight excluding hydrogens is 318 g/mol. The van der Waals surface area contributed by atoms with Gasteiger partial charge in [-0.25, -0.2) is 8.42 Å². The molecule has 2 N–H and O–H groups in total. The largest absolute Gasteiger partial charge is 0.480 e. The fourth-order valence-electron chi connectivity index (χ4n) is 2.96. The minimum Gasteiger partial charge on any atom is -0.480 e. The molecule has 1 atom stereocenters. The van der Waals surface area contributed by atoms with E-state index in [9.17, 15) is 13.2 Å². The van der Waals surface area contributed by atoms with Crippen molar-refractivity contribution in [3.05, 3.63) is 29.5 Å². The van der Waals surface area contributed by atoms with E-state index in [0.717, 1.165) is 36.0 Å². The van der Waals surface area contributed by atoms with Gasteiger partial charge in [0.05, 0.1) is 4.90 Å². The van der Waals surface area contributed by atoms with Crippen molar-refractivity contribution >= 4 is 27.0 Å². The molecule has 3 rings (SSSR count). The van der Waals surface area contributed by atoms with Crippen molar-refractivity contribution < 1.29 is 22.7 Å². The molecule has 1 aromatic carbocycles. The molecule has 7 heteroatoms. The van der Waals surface area contributed by atoms with Crippen molar-refractivity contribution in [3.8, 4) is 0 Å². The Kier molecular flexibility index (Phi) is 3.93. The van der Waals surface area contributed by atoms with Gasteiger partial charge in [0.1, 0.15) is 17.4 Å². The number of rotatable bonds is 5. The molecular formula is C16H19NO5S. The van der Waals surface area contributed by atoms with Gasteiger partial charge in [-0.2, -0.15) is 4.72 Å². The molecule has 0 fully saturated rings. The summed E-state index contributed by atoms with van der Waals surface area (Å²) in [4.78, 5) is 11.2. The molecule has 1 aliphatic carbocycles. The summed E-state index contributed by atoms with van der Waals surface area (Å²) >= 11 is 0. The zero-order valence-electron chi connectivity index (χ0n) is 13.0. The predicted molar refractivity (Wildman–Crippen MR) is 84.8 cm³/mol. The molecule has 6 nitrogen and oxygen atoms in total. The molecule has 0 unspecified atom stereocenters. The highest BCUT2D eigenvalue weighted by Gasteiger charge is 2.29. The summed E-state index contributed by atoms with van der Waals surface area (Å²) in [5, 5.41) is 10.1. The first kappa shape index (κ1) is 16.0.